The Bertz CT molecular complexity index is 958. The Morgan fingerprint density at radius 2 is 1.71 bits per heavy atom. The van der Waals surface area contributed by atoms with E-state index < -0.39 is 0 Å². The lowest BCUT2D eigenvalue weighted by molar-refractivity contribution is 0.284. The maximum absolute atomic E-state index is 13.0. The molecule has 28 heavy (non-hydrogen) atoms. The molecule has 1 N–H and O–H groups in total. The van der Waals surface area contributed by atoms with E-state index in [0.29, 0.717) is 23.1 Å². The molecule has 0 saturated heterocycles. The Balaban J connectivity index is 1.72. The summed E-state index contributed by atoms with van der Waals surface area (Å²) in [6.07, 6.45) is 0. The van der Waals surface area contributed by atoms with E-state index in [4.69, 9.17) is 21.1 Å². The molecule has 5 heteroatoms. The molecule has 146 valence electrons. The zero-order valence-electron chi connectivity index (χ0n) is 16.2. The molecule has 0 bridgehead atoms. The van der Waals surface area contributed by atoms with E-state index in [2.05, 4.69) is 37.4 Å². The molecule has 0 aliphatic heterocycles. The van der Waals surface area contributed by atoms with Crippen molar-refractivity contribution in [3.8, 4) is 11.5 Å². The summed E-state index contributed by atoms with van der Waals surface area (Å²) in [7, 11) is 1.58. The number of rotatable bonds is 7. The van der Waals surface area contributed by atoms with Crippen LogP contribution in [0.15, 0.2) is 54.6 Å². The number of hydrogen-bond acceptors (Lipinski definition) is 3. The first-order valence-electron chi connectivity index (χ1n) is 9.01. The fourth-order valence-electron chi connectivity index (χ4n) is 2.96. The summed E-state index contributed by atoms with van der Waals surface area (Å²) in [6, 6.07) is 16.2. The molecule has 0 saturated carbocycles. The molecule has 0 amide bonds. The third-order valence-electron chi connectivity index (χ3n) is 4.45. The van der Waals surface area contributed by atoms with Crippen LogP contribution in [0.1, 0.15) is 22.3 Å². The van der Waals surface area contributed by atoms with Crippen LogP contribution >= 0.6 is 11.6 Å². The van der Waals surface area contributed by atoms with Crippen molar-refractivity contribution in [1.82, 2.24) is 0 Å². The van der Waals surface area contributed by atoms with E-state index in [1.807, 2.05) is 12.1 Å². The summed E-state index contributed by atoms with van der Waals surface area (Å²) in [5.74, 6) is 0.760. The summed E-state index contributed by atoms with van der Waals surface area (Å²) in [6.45, 7) is 5.04. The molecule has 0 aliphatic rings. The van der Waals surface area contributed by atoms with Crippen molar-refractivity contribution in [2.45, 2.75) is 27.0 Å². The zero-order valence-corrected chi connectivity index (χ0v) is 16.9. The largest absolute Gasteiger partial charge is 0.493 e. The van der Waals surface area contributed by atoms with Crippen molar-refractivity contribution >= 4 is 17.3 Å². The van der Waals surface area contributed by atoms with E-state index in [-0.39, 0.29) is 12.4 Å². The van der Waals surface area contributed by atoms with Crippen LogP contribution in [0.25, 0.3) is 0 Å². The highest BCUT2D eigenvalue weighted by Gasteiger charge is 2.13. The van der Waals surface area contributed by atoms with Crippen LogP contribution in [0.5, 0.6) is 11.5 Å². The second-order valence-corrected chi connectivity index (χ2v) is 7.10. The standard InChI is InChI=1S/C23H23ClFNO2/c1-15-4-9-21(16(2)10-15)26-13-18-11-20(24)23(22(12-18)27-3)28-14-17-5-7-19(25)8-6-17/h4-12,26H,13-14H2,1-3H3. The highest BCUT2D eigenvalue weighted by Crippen LogP contribution is 2.37. The van der Waals surface area contributed by atoms with Crippen molar-refractivity contribution in [1.29, 1.82) is 0 Å². The summed E-state index contributed by atoms with van der Waals surface area (Å²) in [5.41, 5.74) is 5.33. The summed E-state index contributed by atoms with van der Waals surface area (Å²) in [5, 5.41) is 3.90. The van der Waals surface area contributed by atoms with Gasteiger partial charge in [-0.1, -0.05) is 41.4 Å². The molecule has 0 spiro atoms. The average Bonchev–Trinajstić information content (AvgIpc) is 2.67. The van der Waals surface area contributed by atoms with Crippen molar-refractivity contribution in [3.05, 3.63) is 87.7 Å². The van der Waals surface area contributed by atoms with E-state index in [0.717, 1.165) is 16.8 Å². The number of methoxy groups -OCH3 is 1. The molecule has 3 aromatic carbocycles. The lowest BCUT2D eigenvalue weighted by Crippen LogP contribution is -2.03. The van der Waals surface area contributed by atoms with Crippen molar-refractivity contribution in [2.24, 2.45) is 0 Å². The number of aryl methyl sites for hydroxylation is 2. The first-order chi connectivity index (χ1) is 13.5. The topological polar surface area (TPSA) is 30.5 Å². The maximum atomic E-state index is 13.0. The lowest BCUT2D eigenvalue weighted by atomic mass is 10.1. The summed E-state index contributed by atoms with van der Waals surface area (Å²) < 4.78 is 24.3. The van der Waals surface area contributed by atoms with E-state index >= 15 is 0 Å². The van der Waals surface area contributed by atoms with Gasteiger partial charge in [-0.3, -0.25) is 0 Å². The molecule has 0 atom stereocenters. The lowest BCUT2D eigenvalue weighted by Gasteiger charge is -2.15. The van der Waals surface area contributed by atoms with Crippen LogP contribution in [0.3, 0.4) is 0 Å². The van der Waals surface area contributed by atoms with Crippen LogP contribution in [0.2, 0.25) is 5.02 Å². The van der Waals surface area contributed by atoms with Gasteiger partial charge in [0.2, 0.25) is 0 Å². The molecule has 0 unspecified atom stereocenters. The Morgan fingerprint density at radius 1 is 0.964 bits per heavy atom. The number of hydrogen-bond donors (Lipinski definition) is 1. The third-order valence-corrected chi connectivity index (χ3v) is 4.73. The van der Waals surface area contributed by atoms with Gasteiger partial charge in [0, 0.05) is 12.2 Å². The molecular formula is C23H23ClFNO2. The van der Waals surface area contributed by atoms with Crippen LogP contribution in [0.4, 0.5) is 10.1 Å². The van der Waals surface area contributed by atoms with Crippen LogP contribution in [-0.4, -0.2) is 7.11 Å². The fourth-order valence-corrected chi connectivity index (χ4v) is 3.25. The predicted molar refractivity (Wildman–Crippen MR) is 112 cm³/mol. The quantitative estimate of drug-likeness (QED) is 0.506. The van der Waals surface area contributed by atoms with Gasteiger partial charge in [0.15, 0.2) is 11.5 Å². The monoisotopic (exact) mass is 399 g/mol. The molecular weight excluding hydrogens is 377 g/mol. The number of benzene rings is 3. The first kappa shape index (κ1) is 20.0. The number of nitrogens with one attached hydrogen (secondary N) is 1. The second-order valence-electron chi connectivity index (χ2n) is 6.70. The molecule has 0 aromatic heterocycles. The molecule has 0 radical (unpaired) electrons. The van der Waals surface area contributed by atoms with Crippen LogP contribution < -0.4 is 14.8 Å². The van der Waals surface area contributed by atoms with Crippen LogP contribution in [-0.2, 0) is 13.2 Å². The molecule has 3 rings (SSSR count). The summed E-state index contributed by atoms with van der Waals surface area (Å²) in [4.78, 5) is 0. The predicted octanol–water partition coefficient (Wildman–Crippen LogP) is 6.30. The third kappa shape index (κ3) is 4.96. The molecule has 0 aliphatic carbocycles. The number of anilines is 1. The molecule has 0 fully saturated rings. The fraction of sp³-hybridized carbons (Fsp3) is 0.217. The van der Waals surface area contributed by atoms with Gasteiger partial charge >= 0.3 is 0 Å². The molecule has 3 nitrogen and oxygen atoms in total. The second kappa shape index (κ2) is 8.98. The molecule has 3 aromatic rings. The zero-order chi connectivity index (χ0) is 20.1. The van der Waals surface area contributed by atoms with E-state index in [1.165, 1.54) is 23.3 Å². The normalized spacial score (nSPS) is 10.6. The Morgan fingerprint density at radius 3 is 2.39 bits per heavy atom. The van der Waals surface area contributed by atoms with Gasteiger partial charge in [-0.25, -0.2) is 4.39 Å². The highest BCUT2D eigenvalue weighted by molar-refractivity contribution is 6.32. The minimum Gasteiger partial charge on any atom is -0.493 e. The smallest absolute Gasteiger partial charge is 0.180 e. The van der Waals surface area contributed by atoms with Gasteiger partial charge in [0.05, 0.1) is 12.1 Å². The van der Waals surface area contributed by atoms with Crippen molar-refractivity contribution in [2.75, 3.05) is 12.4 Å². The maximum Gasteiger partial charge on any atom is 0.180 e. The van der Waals surface area contributed by atoms with Crippen molar-refractivity contribution < 1.29 is 13.9 Å². The van der Waals surface area contributed by atoms with Gasteiger partial charge in [0.1, 0.15) is 12.4 Å². The van der Waals surface area contributed by atoms with E-state index in [1.54, 1.807) is 19.2 Å². The van der Waals surface area contributed by atoms with E-state index in [9.17, 15) is 4.39 Å². The van der Waals surface area contributed by atoms with Crippen LogP contribution in [0, 0.1) is 19.7 Å². The Kier molecular flexibility index (Phi) is 6.42. The number of ether oxygens (including phenoxy) is 2. The Hall–Kier alpha value is -2.72. The summed E-state index contributed by atoms with van der Waals surface area (Å²) >= 11 is 6.45. The van der Waals surface area contributed by atoms with Gasteiger partial charge in [-0.05, 0) is 60.9 Å². The minimum absolute atomic E-state index is 0.274. The first-order valence-corrected chi connectivity index (χ1v) is 9.39. The van der Waals surface area contributed by atoms with Gasteiger partial charge in [0.25, 0.3) is 0 Å². The minimum atomic E-state index is -0.278. The van der Waals surface area contributed by atoms with Gasteiger partial charge in [-0.2, -0.15) is 0 Å². The SMILES string of the molecule is COc1cc(CNc2ccc(C)cc2C)cc(Cl)c1OCc1ccc(F)cc1. The number of halogens is 2. The average molecular weight is 400 g/mol. The Labute approximate surface area is 170 Å². The van der Waals surface area contributed by atoms with Gasteiger partial charge in [-0.15, -0.1) is 0 Å². The van der Waals surface area contributed by atoms with Gasteiger partial charge < -0.3 is 14.8 Å². The highest BCUT2D eigenvalue weighted by atomic mass is 35.5. The van der Waals surface area contributed by atoms with Crippen molar-refractivity contribution in [3.63, 3.8) is 0 Å². The molecule has 0 heterocycles.